The molecule has 1 aromatic carbocycles. The normalized spacial score (nSPS) is 11.2. The number of para-hydroxylation sites is 1. The van der Waals surface area contributed by atoms with E-state index in [1.165, 1.54) is 10.5 Å². The minimum Gasteiger partial charge on any atom is -0.456 e. The van der Waals surface area contributed by atoms with E-state index in [1.54, 1.807) is 24.5 Å². The third kappa shape index (κ3) is 2.90. The second kappa shape index (κ2) is 6.42. The summed E-state index contributed by atoms with van der Waals surface area (Å²) in [6.07, 6.45) is 3.39. The minimum absolute atomic E-state index is 0.0656. The third-order valence-electron chi connectivity index (χ3n) is 4.14. The molecule has 7 heteroatoms. The topological polar surface area (TPSA) is 65.6 Å². The maximum atomic E-state index is 12.5. The molecule has 0 spiro atoms. The van der Waals surface area contributed by atoms with Crippen LogP contribution in [0.2, 0.25) is 0 Å². The first-order chi connectivity index (χ1) is 12.5. The highest BCUT2D eigenvalue weighted by Gasteiger charge is 2.15. The fourth-order valence-corrected chi connectivity index (χ4v) is 3.26. The van der Waals surface area contributed by atoms with E-state index in [1.807, 2.05) is 35.9 Å². The lowest BCUT2D eigenvalue weighted by Crippen LogP contribution is -2.16. The Labute approximate surface area is 156 Å². The van der Waals surface area contributed by atoms with Crippen molar-refractivity contribution in [2.24, 2.45) is 7.05 Å². The number of carbonyl (C=O) groups excluding carboxylic acids is 1. The molecule has 3 heterocycles. The van der Waals surface area contributed by atoms with Gasteiger partial charge in [0, 0.05) is 40.9 Å². The van der Waals surface area contributed by atoms with Crippen LogP contribution in [0.1, 0.15) is 16.1 Å². The summed E-state index contributed by atoms with van der Waals surface area (Å²) in [6.45, 7) is -0.0656. The molecule has 0 aliphatic rings. The molecule has 0 unspecified atom stereocenters. The van der Waals surface area contributed by atoms with Crippen molar-refractivity contribution in [2.45, 2.75) is 6.61 Å². The van der Waals surface area contributed by atoms with E-state index >= 15 is 0 Å². The Bertz CT molecular complexity index is 1210. The van der Waals surface area contributed by atoms with Crippen molar-refractivity contribution in [3.8, 4) is 0 Å². The summed E-state index contributed by atoms with van der Waals surface area (Å²) in [6, 6.07) is 12.5. The van der Waals surface area contributed by atoms with E-state index in [0.29, 0.717) is 16.9 Å². The van der Waals surface area contributed by atoms with Crippen molar-refractivity contribution in [1.82, 2.24) is 14.0 Å². The van der Waals surface area contributed by atoms with Gasteiger partial charge in [-0.3, -0.25) is 9.20 Å². The quantitative estimate of drug-likeness (QED) is 0.485. The molecule has 0 radical (unpaired) electrons. The largest absolute Gasteiger partial charge is 0.456 e. The Balaban J connectivity index is 1.60. The zero-order valence-electron chi connectivity index (χ0n) is 13.8. The number of aryl methyl sites for hydroxylation is 1. The summed E-state index contributed by atoms with van der Waals surface area (Å²) in [7, 11) is 1.88. The highest BCUT2D eigenvalue weighted by molar-refractivity contribution is 9.10. The van der Waals surface area contributed by atoms with E-state index < -0.39 is 5.97 Å². The van der Waals surface area contributed by atoms with Gasteiger partial charge in [-0.1, -0.05) is 18.2 Å². The third-order valence-corrected chi connectivity index (χ3v) is 4.61. The number of halogens is 1. The lowest BCUT2D eigenvalue weighted by atomic mass is 10.2. The van der Waals surface area contributed by atoms with Crippen LogP contribution in [0, 0.1) is 0 Å². The first-order valence-electron chi connectivity index (χ1n) is 7.92. The maximum absolute atomic E-state index is 12.5. The average molecular weight is 412 g/mol. The predicted molar refractivity (Wildman–Crippen MR) is 101 cm³/mol. The molecule has 3 aromatic heterocycles. The van der Waals surface area contributed by atoms with Crippen LogP contribution in [0.5, 0.6) is 0 Å². The van der Waals surface area contributed by atoms with Crippen molar-refractivity contribution < 1.29 is 9.53 Å². The maximum Gasteiger partial charge on any atom is 0.340 e. The summed E-state index contributed by atoms with van der Waals surface area (Å²) in [5.74, 6) is -0.445. The number of hydrogen-bond donors (Lipinski definition) is 0. The zero-order chi connectivity index (χ0) is 18.3. The fourth-order valence-electron chi connectivity index (χ4n) is 2.92. The van der Waals surface area contributed by atoms with Gasteiger partial charge in [-0.25, -0.2) is 9.78 Å². The molecule has 0 saturated carbocycles. The molecule has 0 fully saturated rings. The number of aromatic nitrogens is 3. The number of esters is 1. The highest BCUT2D eigenvalue weighted by atomic mass is 79.9. The summed E-state index contributed by atoms with van der Waals surface area (Å²) in [5.41, 5.74) is 2.12. The zero-order valence-corrected chi connectivity index (χ0v) is 15.4. The molecular formula is C19H14BrN3O3. The Morgan fingerprint density at radius 3 is 2.85 bits per heavy atom. The first kappa shape index (κ1) is 16.5. The molecule has 0 atom stereocenters. The molecule has 26 heavy (non-hydrogen) atoms. The standard InChI is InChI=1S/C19H14BrN3O3/c1-22-10-15(14-4-2-3-5-16(14)22)19(25)26-11-13-8-18(24)23-9-12(20)6-7-17(23)21-13/h2-10H,11H2,1H3. The van der Waals surface area contributed by atoms with Gasteiger partial charge in [-0.05, 0) is 34.1 Å². The minimum atomic E-state index is -0.445. The van der Waals surface area contributed by atoms with Gasteiger partial charge in [0.25, 0.3) is 5.56 Å². The number of ether oxygens (including phenoxy) is 1. The summed E-state index contributed by atoms with van der Waals surface area (Å²) in [5, 5.41) is 0.830. The average Bonchev–Trinajstić information content (AvgIpc) is 2.98. The molecule has 4 rings (SSSR count). The molecule has 4 aromatic rings. The van der Waals surface area contributed by atoms with Crippen molar-refractivity contribution in [2.75, 3.05) is 0 Å². The van der Waals surface area contributed by atoms with Gasteiger partial charge >= 0.3 is 5.97 Å². The summed E-state index contributed by atoms with van der Waals surface area (Å²) >= 11 is 3.32. The van der Waals surface area contributed by atoms with Gasteiger partial charge in [0.1, 0.15) is 12.3 Å². The molecule has 0 bridgehead atoms. The van der Waals surface area contributed by atoms with E-state index in [4.69, 9.17) is 4.74 Å². The van der Waals surface area contributed by atoms with Crippen LogP contribution in [-0.2, 0) is 18.4 Å². The van der Waals surface area contributed by atoms with E-state index in [2.05, 4.69) is 20.9 Å². The molecular weight excluding hydrogens is 398 g/mol. The second-order valence-corrected chi connectivity index (χ2v) is 6.82. The van der Waals surface area contributed by atoms with Crippen LogP contribution in [0.3, 0.4) is 0 Å². The molecule has 130 valence electrons. The van der Waals surface area contributed by atoms with Crippen LogP contribution >= 0.6 is 15.9 Å². The molecule has 0 saturated heterocycles. The number of pyridine rings is 1. The van der Waals surface area contributed by atoms with Crippen LogP contribution in [0.15, 0.2) is 64.1 Å². The number of rotatable bonds is 3. The van der Waals surface area contributed by atoms with Crippen LogP contribution in [0.25, 0.3) is 16.6 Å². The van der Waals surface area contributed by atoms with Crippen molar-refractivity contribution in [3.63, 3.8) is 0 Å². The fraction of sp³-hybridized carbons (Fsp3) is 0.105. The second-order valence-electron chi connectivity index (χ2n) is 5.91. The number of fused-ring (bicyclic) bond motifs is 2. The van der Waals surface area contributed by atoms with Crippen LogP contribution in [0.4, 0.5) is 0 Å². The van der Waals surface area contributed by atoms with E-state index in [-0.39, 0.29) is 12.2 Å². The number of benzene rings is 1. The summed E-state index contributed by atoms with van der Waals surface area (Å²) in [4.78, 5) is 29.1. The van der Waals surface area contributed by atoms with Gasteiger partial charge in [0.05, 0.1) is 11.3 Å². The monoisotopic (exact) mass is 411 g/mol. The molecule has 0 N–H and O–H groups in total. The molecule has 6 nitrogen and oxygen atoms in total. The number of carbonyl (C=O) groups is 1. The van der Waals surface area contributed by atoms with Gasteiger partial charge in [0.2, 0.25) is 0 Å². The molecule has 0 amide bonds. The predicted octanol–water partition coefficient (Wildman–Crippen LogP) is 3.31. The number of hydrogen-bond acceptors (Lipinski definition) is 4. The van der Waals surface area contributed by atoms with E-state index in [9.17, 15) is 9.59 Å². The highest BCUT2D eigenvalue weighted by Crippen LogP contribution is 2.21. The number of nitrogens with zero attached hydrogens (tertiary/aromatic N) is 3. The van der Waals surface area contributed by atoms with Gasteiger partial charge in [-0.2, -0.15) is 0 Å². The van der Waals surface area contributed by atoms with Crippen LogP contribution < -0.4 is 5.56 Å². The SMILES string of the molecule is Cn1cc(C(=O)OCc2cc(=O)n3cc(Br)ccc3n2)c2ccccc21. The van der Waals surface area contributed by atoms with Gasteiger partial charge < -0.3 is 9.30 Å². The Morgan fingerprint density at radius 1 is 1.19 bits per heavy atom. The molecule has 0 aliphatic carbocycles. The first-order valence-corrected chi connectivity index (χ1v) is 8.71. The molecule has 0 aliphatic heterocycles. The smallest absolute Gasteiger partial charge is 0.340 e. The Kier molecular flexibility index (Phi) is 4.08. The van der Waals surface area contributed by atoms with E-state index in [0.717, 1.165) is 15.4 Å². The summed E-state index contributed by atoms with van der Waals surface area (Å²) < 4.78 is 9.48. The van der Waals surface area contributed by atoms with Gasteiger partial charge in [-0.15, -0.1) is 0 Å². The van der Waals surface area contributed by atoms with Crippen molar-refractivity contribution >= 4 is 38.4 Å². The lowest BCUT2D eigenvalue weighted by molar-refractivity contribution is 0.0470. The van der Waals surface area contributed by atoms with Crippen LogP contribution in [-0.4, -0.2) is 19.9 Å². The Hall–Kier alpha value is -2.93. The van der Waals surface area contributed by atoms with Crippen molar-refractivity contribution in [1.29, 1.82) is 0 Å². The van der Waals surface area contributed by atoms with Crippen molar-refractivity contribution in [3.05, 3.63) is 80.9 Å². The lowest BCUT2D eigenvalue weighted by Gasteiger charge is -2.06. The Morgan fingerprint density at radius 2 is 2.00 bits per heavy atom. The van der Waals surface area contributed by atoms with Gasteiger partial charge in [0.15, 0.2) is 0 Å².